The fourth-order valence-corrected chi connectivity index (χ4v) is 5.06. The van der Waals surface area contributed by atoms with Gasteiger partial charge < -0.3 is 14.2 Å². The van der Waals surface area contributed by atoms with Crippen molar-refractivity contribution in [2.45, 2.75) is 123 Å². The van der Waals surface area contributed by atoms with Crippen LogP contribution in [0, 0.1) is 0 Å². The lowest BCUT2D eigenvalue weighted by Gasteiger charge is -2.13. The standard InChI is InChI=1S/C37H52O4/c1-4-6-8-10-11-12-13-14-16-26-39-35-24-22-34-28-36(25-23-33(34)27-35)40-29-31-18-20-32(21-19-31)37(38)41-30(3)17-15-9-7-5-2/h18-25,27-28,30H,4-17,26,29H2,1-3H3/t30-/m1/s1. The molecule has 3 aromatic rings. The summed E-state index contributed by atoms with van der Waals surface area (Å²) in [4.78, 5) is 12.5. The Balaban J connectivity index is 1.37. The summed E-state index contributed by atoms with van der Waals surface area (Å²) < 4.78 is 17.7. The molecule has 224 valence electrons. The van der Waals surface area contributed by atoms with Crippen molar-refractivity contribution in [1.29, 1.82) is 0 Å². The molecule has 4 nitrogen and oxygen atoms in total. The summed E-state index contributed by atoms with van der Waals surface area (Å²) in [5.41, 5.74) is 1.59. The molecule has 0 fully saturated rings. The molecule has 1 atom stereocenters. The normalized spacial score (nSPS) is 11.9. The van der Waals surface area contributed by atoms with E-state index in [4.69, 9.17) is 14.2 Å². The first kappa shape index (κ1) is 32.5. The van der Waals surface area contributed by atoms with Crippen LogP contribution < -0.4 is 9.47 Å². The van der Waals surface area contributed by atoms with Crippen LogP contribution >= 0.6 is 0 Å². The molecule has 0 amide bonds. The average molecular weight is 561 g/mol. The van der Waals surface area contributed by atoms with Gasteiger partial charge in [0.05, 0.1) is 18.3 Å². The number of hydrogen-bond acceptors (Lipinski definition) is 4. The predicted octanol–water partition coefficient (Wildman–Crippen LogP) is 10.8. The molecule has 4 heteroatoms. The molecule has 0 unspecified atom stereocenters. The van der Waals surface area contributed by atoms with Gasteiger partial charge in [-0.25, -0.2) is 4.79 Å². The van der Waals surface area contributed by atoms with Crippen LogP contribution in [0.15, 0.2) is 60.7 Å². The van der Waals surface area contributed by atoms with E-state index in [-0.39, 0.29) is 12.1 Å². The molecule has 0 heterocycles. The molecule has 0 radical (unpaired) electrons. The maximum absolute atomic E-state index is 12.5. The Bertz CT molecular complexity index is 1140. The lowest BCUT2D eigenvalue weighted by molar-refractivity contribution is 0.0319. The maximum atomic E-state index is 12.5. The highest BCUT2D eigenvalue weighted by Crippen LogP contribution is 2.26. The summed E-state index contributed by atoms with van der Waals surface area (Å²) in [5, 5.41) is 2.27. The molecule has 0 aliphatic carbocycles. The third-order valence-electron chi connectivity index (χ3n) is 7.67. The van der Waals surface area contributed by atoms with Gasteiger partial charge >= 0.3 is 5.97 Å². The Morgan fingerprint density at radius 1 is 0.634 bits per heavy atom. The molecule has 0 aliphatic heterocycles. The second-order valence-corrected chi connectivity index (χ2v) is 11.4. The van der Waals surface area contributed by atoms with Crippen LogP contribution in [0.25, 0.3) is 10.8 Å². The quantitative estimate of drug-likeness (QED) is 0.0960. The van der Waals surface area contributed by atoms with Crippen LogP contribution in [0.1, 0.15) is 127 Å². The van der Waals surface area contributed by atoms with E-state index in [1.165, 1.54) is 70.6 Å². The van der Waals surface area contributed by atoms with Gasteiger partial charge in [0.25, 0.3) is 0 Å². The minimum Gasteiger partial charge on any atom is -0.494 e. The number of unbranched alkanes of at least 4 members (excludes halogenated alkanes) is 11. The van der Waals surface area contributed by atoms with Crippen LogP contribution in [-0.4, -0.2) is 18.7 Å². The molecule has 3 aromatic carbocycles. The SMILES string of the molecule is CCCCCCCCCCCOc1ccc2cc(OCc3ccc(C(=O)O[C@H](C)CCCCCC)cc3)ccc2c1. The molecule has 0 aliphatic rings. The number of esters is 1. The summed E-state index contributed by atoms with van der Waals surface area (Å²) in [6.07, 6.45) is 17.5. The molecular weight excluding hydrogens is 508 g/mol. The zero-order valence-electron chi connectivity index (χ0n) is 25.8. The third kappa shape index (κ3) is 12.6. The molecule has 0 aromatic heterocycles. The second kappa shape index (κ2) is 19.2. The Hall–Kier alpha value is -3.01. The summed E-state index contributed by atoms with van der Waals surface area (Å²) in [7, 11) is 0. The van der Waals surface area contributed by atoms with Crippen molar-refractivity contribution in [2.24, 2.45) is 0 Å². The summed E-state index contributed by atoms with van der Waals surface area (Å²) in [6, 6.07) is 19.9. The maximum Gasteiger partial charge on any atom is 0.338 e. The highest BCUT2D eigenvalue weighted by Gasteiger charge is 2.12. The highest BCUT2D eigenvalue weighted by atomic mass is 16.5. The molecule has 41 heavy (non-hydrogen) atoms. The van der Waals surface area contributed by atoms with Crippen molar-refractivity contribution >= 4 is 16.7 Å². The first-order valence-corrected chi connectivity index (χ1v) is 16.2. The number of carbonyl (C=O) groups excluding carboxylic acids is 1. The minimum atomic E-state index is -0.258. The Morgan fingerprint density at radius 2 is 1.17 bits per heavy atom. The van der Waals surface area contributed by atoms with E-state index in [0.29, 0.717) is 12.2 Å². The van der Waals surface area contributed by atoms with Crippen molar-refractivity contribution in [3.05, 3.63) is 71.8 Å². The molecule has 0 bridgehead atoms. The van der Waals surface area contributed by atoms with Gasteiger partial charge in [-0.2, -0.15) is 0 Å². The van der Waals surface area contributed by atoms with Crippen molar-refractivity contribution in [1.82, 2.24) is 0 Å². The number of hydrogen-bond donors (Lipinski definition) is 0. The topological polar surface area (TPSA) is 44.8 Å². The fraction of sp³-hybridized carbons (Fsp3) is 0.541. The van der Waals surface area contributed by atoms with Crippen LogP contribution in [0.4, 0.5) is 0 Å². The Kier molecular flexibility index (Phi) is 15.2. The van der Waals surface area contributed by atoms with Crippen molar-refractivity contribution < 1.29 is 19.0 Å². The zero-order chi connectivity index (χ0) is 29.1. The van der Waals surface area contributed by atoms with E-state index >= 15 is 0 Å². The van der Waals surface area contributed by atoms with Crippen LogP contribution in [0.2, 0.25) is 0 Å². The van der Waals surface area contributed by atoms with Crippen molar-refractivity contribution in [3.63, 3.8) is 0 Å². The van der Waals surface area contributed by atoms with Gasteiger partial charge in [0.2, 0.25) is 0 Å². The van der Waals surface area contributed by atoms with Crippen LogP contribution in [0.5, 0.6) is 11.5 Å². The lowest BCUT2D eigenvalue weighted by atomic mass is 10.1. The molecule has 0 saturated carbocycles. The van der Waals surface area contributed by atoms with Gasteiger partial charge in [-0.3, -0.25) is 0 Å². The monoisotopic (exact) mass is 560 g/mol. The zero-order valence-corrected chi connectivity index (χ0v) is 25.8. The Labute approximate surface area is 248 Å². The van der Waals surface area contributed by atoms with Crippen LogP contribution in [0.3, 0.4) is 0 Å². The fourth-order valence-electron chi connectivity index (χ4n) is 5.06. The van der Waals surface area contributed by atoms with Crippen LogP contribution in [-0.2, 0) is 11.3 Å². The lowest BCUT2D eigenvalue weighted by Crippen LogP contribution is -2.15. The van der Waals surface area contributed by atoms with Gasteiger partial charge in [-0.1, -0.05) is 109 Å². The molecule has 0 saturated heterocycles. The van der Waals surface area contributed by atoms with Gasteiger partial charge in [-0.05, 0) is 78.9 Å². The number of ether oxygens (including phenoxy) is 3. The van der Waals surface area contributed by atoms with E-state index in [9.17, 15) is 4.79 Å². The van der Waals surface area contributed by atoms with Crippen molar-refractivity contribution in [2.75, 3.05) is 6.61 Å². The second-order valence-electron chi connectivity index (χ2n) is 11.4. The van der Waals surface area contributed by atoms with E-state index in [0.717, 1.165) is 53.7 Å². The first-order valence-electron chi connectivity index (χ1n) is 16.2. The minimum absolute atomic E-state index is 0.0578. The average Bonchev–Trinajstić information content (AvgIpc) is 2.99. The number of benzene rings is 3. The molecule has 0 spiro atoms. The largest absolute Gasteiger partial charge is 0.494 e. The third-order valence-corrected chi connectivity index (χ3v) is 7.67. The van der Waals surface area contributed by atoms with Gasteiger partial charge in [0, 0.05) is 0 Å². The smallest absolute Gasteiger partial charge is 0.338 e. The number of carbonyl (C=O) groups is 1. The first-order chi connectivity index (χ1) is 20.1. The van der Waals surface area contributed by atoms with Gasteiger partial charge in [0.1, 0.15) is 18.1 Å². The predicted molar refractivity (Wildman–Crippen MR) is 171 cm³/mol. The summed E-state index contributed by atoms with van der Waals surface area (Å²) >= 11 is 0. The Morgan fingerprint density at radius 3 is 1.78 bits per heavy atom. The van der Waals surface area contributed by atoms with Gasteiger partial charge in [0.15, 0.2) is 0 Å². The van der Waals surface area contributed by atoms with E-state index < -0.39 is 0 Å². The van der Waals surface area contributed by atoms with Crippen molar-refractivity contribution in [3.8, 4) is 11.5 Å². The van der Waals surface area contributed by atoms with Gasteiger partial charge in [-0.15, -0.1) is 0 Å². The summed E-state index contributed by atoms with van der Waals surface area (Å²) in [6.45, 7) is 7.65. The molecular formula is C37H52O4. The van der Waals surface area contributed by atoms with E-state index in [1.54, 1.807) is 0 Å². The molecule has 0 N–H and O–H groups in total. The highest BCUT2D eigenvalue weighted by molar-refractivity contribution is 5.89. The number of fused-ring (bicyclic) bond motifs is 1. The number of rotatable bonds is 21. The van der Waals surface area contributed by atoms with E-state index in [2.05, 4.69) is 38.1 Å². The summed E-state index contributed by atoms with van der Waals surface area (Å²) in [5.74, 6) is 1.49. The molecule has 3 rings (SSSR count). The van der Waals surface area contributed by atoms with E-state index in [1.807, 2.05) is 43.3 Å².